The third-order valence-corrected chi connectivity index (χ3v) is 3.64. The van der Waals surface area contributed by atoms with E-state index in [9.17, 15) is 4.79 Å². The lowest BCUT2D eigenvalue weighted by Gasteiger charge is -2.15. The van der Waals surface area contributed by atoms with Gasteiger partial charge in [0.25, 0.3) is 5.91 Å². The molecule has 7 heteroatoms. The van der Waals surface area contributed by atoms with E-state index in [1.165, 1.54) is 0 Å². The Morgan fingerprint density at radius 2 is 2.23 bits per heavy atom. The van der Waals surface area contributed by atoms with Crippen LogP contribution in [-0.4, -0.2) is 42.2 Å². The van der Waals surface area contributed by atoms with Crippen molar-refractivity contribution in [2.75, 3.05) is 7.05 Å². The van der Waals surface area contributed by atoms with Gasteiger partial charge in [0, 0.05) is 44.3 Å². The van der Waals surface area contributed by atoms with Crippen LogP contribution in [0.15, 0.2) is 30.9 Å². The highest BCUT2D eigenvalue weighted by Crippen LogP contribution is 2.14. The molecule has 0 aromatic carbocycles. The van der Waals surface area contributed by atoms with Crippen LogP contribution < -0.4 is 0 Å². The molecule has 0 bridgehead atoms. The van der Waals surface area contributed by atoms with Gasteiger partial charge in [0.15, 0.2) is 5.65 Å². The largest absolute Gasteiger partial charge is 0.337 e. The second-order valence-electron chi connectivity index (χ2n) is 5.20. The van der Waals surface area contributed by atoms with Crippen molar-refractivity contribution in [3.63, 3.8) is 0 Å². The lowest BCUT2D eigenvalue weighted by Crippen LogP contribution is -2.26. The monoisotopic (exact) mass is 298 g/mol. The Hall–Kier alpha value is -2.70. The predicted octanol–water partition coefficient (Wildman–Crippen LogP) is 1.53. The van der Waals surface area contributed by atoms with E-state index in [0.717, 1.165) is 17.8 Å². The van der Waals surface area contributed by atoms with Crippen LogP contribution >= 0.6 is 0 Å². The molecule has 0 fully saturated rings. The molecule has 0 N–H and O–H groups in total. The summed E-state index contributed by atoms with van der Waals surface area (Å²) in [5.74, 6) is -0.0997. The molecule has 3 heterocycles. The fourth-order valence-electron chi connectivity index (χ4n) is 2.39. The first-order valence-electron chi connectivity index (χ1n) is 7.17. The van der Waals surface area contributed by atoms with Gasteiger partial charge in [-0.25, -0.2) is 9.50 Å². The Kier molecular flexibility index (Phi) is 3.62. The van der Waals surface area contributed by atoms with Gasteiger partial charge in [-0.15, -0.1) is 0 Å². The molecule has 0 atom stereocenters. The molecule has 7 nitrogen and oxygen atoms in total. The molecule has 0 saturated heterocycles. The summed E-state index contributed by atoms with van der Waals surface area (Å²) in [7, 11) is 1.78. The number of aryl methyl sites for hydroxylation is 2. The first-order valence-corrected chi connectivity index (χ1v) is 7.17. The van der Waals surface area contributed by atoms with Gasteiger partial charge in [0.1, 0.15) is 5.56 Å². The normalized spacial score (nSPS) is 11.0. The SMILES string of the molecule is CCn1cc(CN(C)C(=O)c2cnn3cccnc23)c(C)n1. The van der Waals surface area contributed by atoms with E-state index in [2.05, 4.69) is 15.2 Å². The Labute approximate surface area is 128 Å². The van der Waals surface area contributed by atoms with Gasteiger partial charge in [-0.1, -0.05) is 0 Å². The second-order valence-corrected chi connectivity index (χ2v) is 5.20. The Morgan fingerprint density at radius 3 is 2.95 bits per heavy atom. The van der Waals surface area contributed by atoms with Crippen molar-refractivity contribution in [1.82, 2.24) is 29.3 Å². The maximum Gasteiger partial charge on any atom is 0.259 e. The van der Waals surface area contributed by atoms with Crippen molar-refractivity contribution in [3.8, 4) is 0 Å². The number of carbonyl (C=O) groups is 1. The molecule has 0 radical (unpaired) electrons. The number of hydrogen-bond donors (Lipinski definition) is 0. The molecule has 3 aromatic rings. The van der Waals surface area contributed by atoms with Crippen LogP contribution in [0.25, 0.3) is 5.65 Å². The van der Waals surface area contributed by atoms with Gasteiger partial charge in [-0.3, -0.25) is 9.48 Å². The number of fused-ring (bicyclic) bond motifs is 1. The van der Waals surface area contributed by atoms with Crippen molar-refractivity contribution < 1.29 is 4.79 Å². The minimum Gasteiger partial charge on any atom is -0.337 e. The van der Waals surface area contributed by atoms with Gasteiger partial charge < -0.3 is 4.90 Å². The maximum absolute atomic E-state index is 12.6. The lowest BCUT2D eigenvalue weighted by molar-refractivity contribution is 0.0786. The molecule has 22 heavy (non-hydrogen) atoms. The molecule has 0 unspecified atom stereocenters. The number of amides is 1. The molecule has 0 aliphatic heterocycles. The topological polar surface area (TPSA) is 68.3 Å². The van der Waals surface area contributed by atoms with E-state index >= 15 is 0 Å². The minimum absolute atomic E-state index is 0.0997. The predicted molar refractivity (Wildman–Crippen MR) is 81.4 cm³/mol. The summed E-state index contributed by atoms with van der Waals surface area (Å²) in [5.41, 5.74) is 3.06. The highest BCUT2D eigenvalue weighted by Gasteiger charge is 2.19. The highest BCUT2D eigenvalue weighted by molar-refractivity contribution is 5.99. The Morgan fingerprint density at radius 1 is 1.41 bits per heavy atom. The number of rotatable bonds is 4. The van der Waals surface area contributed by atoms with Crippen molar-refractivity contribution in [2.45, 2.75) is 26.9 Å². The summed E-state index contributed by atoms with van der Waals surface area (Å²) in [4.78, 5) is 18.5. The average molecular weight is 298 g/mol. The summed E-state index contributed by atoms with van der Waals surface area (Å²) in [6, 6.07) is 1.78. The zero-order valence-corrected chi connectivity index (χ0v) is 12.9. The first-order chi connectivity index (χ1) is 10.6. The fraction of sp³-hybridized carbons (Fsp3) is 0.333. The van der Waals surface area contributed by atoms with Crippen LogP contribution in [0.1, 0.15) is 28.5 Å². The van der Waals surface area contributed by atoms with Gasteiger partial charge >= 0.3 is 0 Å². The van der Waals surface area contributed by atoms with Crippen molar-refractivity contribution in [1.29, 1.82) is 0 Å². The van der Waals surface area contributed by atoms with Crippen LogP contribution in [0.4, 0.5) is 0 Å². The third kappa shape index (κ3) is 2.45. The number of aromatic nitrogens is 5. The molecule has 114 valence electrons. The van der Waals surface area contributed by atoms with E-state index < -0.39 is 0 Å². The smallest absolute Gasteiger partial charge is 0.259 e. The third-order valence-electron chi connectivity index (χ3n) is 3.64. The van der Waals surface area contributed by atoms with Crippen molar-refractivity contribution in [3.05, 3.63) is 47.7 Å². The Bertz CT molecular complexity index is 818. The molecule has 0 spiro atoms. The maximum atomic E-state index is 12.6. The number of nitrogens with zero attached hydrogens (tertiary/aromatic N) is 6. The molecule has 0 aliphatic rings. The summed E-state index contributed by atoms with van der Waals surface area (Å²) in [5, 5.41) is 8.56. The van der Waals surface area contributed by atoms with E-state index in [1.807, 2.05) is 24.7 Å². The summed E-state index contributed by atoms with van der Waals surface area (Å²) in [6.45, 7) is 5.32. The molecular formula is C15H18N6O. The van der Waals surface area contributed by atoms with Gasteiger partial charge in [0.05, 0.1) is 11.9 Å². The molecular weight excluding hydrogens is 280 g/mol. The van der Waals surface area contributed by atoms with E-state index in [4.69, 9.17) is 0 Å². The minimum atomic E-state index is -0.0997. The van der Waals surface area contributed by atoms with Crippen LogP contribution in [0.2, 0.25) is 0 Å². The van der Waals surface area contributed by atoms with Crippen molar-refractivity contribution >= 4 is 11.6 Å². The molecule has 0 aliphatic carbocycles. The zero-order valence-electron chi connectivity index (χ0n) is 12.9. The molecule has 3 rings (SSSR count). The van der Waals surface area contributed by atoms with Gasteiger partial charge in [-0.05, 0) is 19.9 Å². The van der Waals surface area contributed by atoms with Crippen LogP contribution in [0, 0.1) is 6.92 Å². The Balaban J connectivity index is 1.83. The summed E-state index contributed by atoms with van der Waals surface area (Å²) >= 11 is 0. The fourth-order valence-corrected chi connectivity index (χ4v) is 2.39. The van der Waals surface area contributed by atoms with Gasteiger partial charge in [-0.2, -0.15) is 10.2 Å². The molecule has 0 saturated carbocycles. The molecule has 3 aromatic heterocycles. The molecule has 1 amide bonds. The van der Waals surface area contributed by atoms with E-state index in [-0.39, 0.29) is 5.91 Å². The van der Waals surface area contributed by atoms with Crippen LogP contribution in [0.5, 0.6) is 0 Å². The highest BCUT2D eigenvalue weighted by atomic mass is 16.2. The quantitative estimate of drug-likeness (QED) is 0.732. The number of hydrogen-bond acceptors (Lipinski definition) is 4. The van der Waals surface area contributed by atoms with Crippen LogP contribution in [-0.2, 0) is 13.1 Å². The first kappa shape index (κ1) is 14.2. The van der Waals surface area contributed by atoms with Crippen molar-refractivity contribution in [2.24, 2.45) is 0 Å². The van der Waals surface area contributed by atoms with E-state index in [0.29, 0.717) is 17.8 Å². The number of carbonyl (C=O) groups excluding carboxylic acids is 1. The standard InChI is InChI=1S/C15H18N6O/c1-4-20-10-12(11(2)18-20)9-19(3)15(22)13-8-17-21-7-5-6-16-14(13)21/h5-8,10H,4,9H2,1-3H3. The van der Waals surface area contributed by atoms with Gasteiger partial charge in [0.2, 0.25) is 0 Å². The summed E-state index contributed by atoms with van der Waals surface area (Å²) in [6.07, 6.45) is 6.97. The second kappa shape index (κ2) is 5.59. The van der Waals surface area contributed by atoms with Crippen LogP contribution in [0.3, 0.4) is 0 Å². The summed E-state index contributed by atoms with van der Waals surface area (Å²) < 4.78 is 3.47. The average Bonchev–Trinajstić information content (AvgIpc) is 3.10. The van der Waals surface area contributed by atoms with E-state index in [1.54, 1.807) is 41.1 Å². The lowest BCUT2D eigenvalue weighted by atomic mass is 10.2. The zero-order chi connectivity index (χ0) is 15.7.